The van der Waals surface area contributed by atoms with E-state index in [1.54, 1.807) is 13.2 Å². The lowest BCUT2D eigenvalue weighted by Gasteiger charge is -2.19. The van der Waals surface area contributed by atoms with Crippen molar-refractivity contribution in [2.24, 2.45) is 0 Å². The third-order valence-corrected chi connectivity index (χ3v) is 4.09. The Morgan fingerprint density at radius 3 is 2.80 bits per heavy atom. The quantitative estimate of drug-likeness (QED) is 0.681. The molecule has 0 saturated heterocycles. The molecule has 2 aromatic carbocycles. The molecule has 1 aliphatic rings. The van der Waals surface area contributed by atoms with Gasteiger partial charge in [-0.1, -0.05) is 24.3 Å². The fourth-order valence-corrected chi connectivity index (χ4v) is 2.89. The minimum absolute atomic E-state index is 0.241. The molecule has 0 unspecified atom stereocenters. The van der Waals surface area contributed by atoms with Gasteiger partial charge in [0.25, 0.3) is 0 Å². The van der Waals surface area contributed by atoms with Gasteiger partial charge in [-0.05, 0) is 24.3 Å². The van der Waals surface area contributed by atoms with Gasteiger partial charge in [-0.25, -0.2) is 4.79 Å². The monoisotopic (exact) mass is 336 g/mol. The maximum absolute atomic E-state index is 12.2. The SMILES string of the molecule is COc1cccc(OCC2=CCOc3c2c2ccccc2oc3=O)c1. The number of fused-ring (bicyclic) bond motifs is 3. The van der Waals surface area contributed by atoms with E-state index in [1.807, 2.05) is 48.5 Å². The molecule has 126 valence electrons. The minimum atomic E-state index is -0.472. The lowest BCUT2D eigenvalue weighted by molar-refractivity contribution is 0.327. The second-order valence-electron chi connectivity index (χ2n) is 5.60. The third-order valence-electron chi connectivity index (χ3n) is 4.09. The van der Waals surface area contributed by atoms with Crippen molar-refractivity contribution in [2.45, 2.75) is 0 Å². The Hall–Kier alpha value is -3.21. The largest absolute Gasteiger partial charge is 0.497 e. The van der Waals surface area contributed by atoms with E-state index in [0.717, 1.165) is 22.3 Å². The van der Waals surface area contributed by atoms with E-state index in [4.69, 9.17) is 18.6 Å². The first-order valence-corrected chi connectivity index (χ1v) is 7.91. The third kappa shape index (κ3) is 2.85. The highest BCUT2D eigenvalue weighted by Gasteiger charge is 2.22. The molecular formula is C20H16O5. The van der Waals surface area contributed by atoms with Crippen molar-refractivity contribution < 1.29 is 18.6 Å². The van der Waals surface area contributed by atoms with Gasteiger partial charge >= 0.3 is 5.63 Å². The van der Waals surface area contributed by atoms with Crippen LogP contribution in [0, 0.1) is 0 Å². The van der Waals surface area contributed by atoms with E-state index in [-0.39, 0.29) is 5.75 Å². The van der Waals surface area contributed by atoms with Crippen molar-refractivity contribution in [3.63, 3.8) is 0 Å². The number of para-hydroxylation sites is 1. The van der Waals surface area contributed by atoms with Crippen LogP contribution < -0.4 is 19.8 Å². The summed E-state index contributed by atoms with van der Waals surface area (Å²) >= 11 is 0. The average Bonchev–Trinajstić information content (AvgIpc) is 2.66. The van der Waals surface area contributed by atoms with E-state index in [9.17, 15) is 4.79 Å². The first-order valence-electron chi connectivity index (χ1n) is 7.91. The lowest BCUT2D eigenvalue weighted by atomic mass is 10.00. The van der Waals surface area contributed by atoms with Gasteiger partial charge in [0, 0.05) is 22.6 Å². The summed E-state index contributed by atoms with van der Waals surface area (Å²) in [5.74, 6) is 1.66. The summed E-state index contributed by atoms with van der Waals surface area (Å²) < 4.78 is 22.0. The van der Waals surface area contributed by atoms with E-state index < -0.39 is 5.63 Å². The van der Waals surface area contributed by atoms with Gasteiger partial charge in [-0.3, -0.25) is 0 Å². The smallest absolute Gasteiger partial charge is 0.379 e. The fraction of sp³-hybridized carbons (Fsp3) is 0.150. The van der Waals surface area contributed by atoms with Crippen molar-refractivity contribution >= 4 is 16.5 Å². The highest BCUT2D eigenvalue weighted by atomic mass is 16.5. The topological polar surface area (TPSA) is 57.9 Å². The van der Waals surface area contributed by atoms with Gasteiger partial charge in [0.05, 0.1) is 7.11 Å². The molecule has 1 aliphatic heterocycles. The molecule has 0 aliphatic carbocycles. The van der Waals surface area contributed by atoms with Gasteiger partial charge in [0.15, 0.2) is 0 Å². The van der Waals surface area contributed by atoms with E-state index >= 15 is 0 Å². The van der Waals surface area contributed by atoms with Crippen LogP contribution in [0.4, 0.5) is 0 Å². The highest BCUT2D eigenvalue weighted by molar-refractivity contribution is 5.93. The number of hydrogen-bond donors (Lipinski definition) is 0. The molecule has 0 atom stereocenters. The molecule has 0 amide bonds. The number of benzene rings is 2. The molecule has 0 spiro atoms. The zero-order valence-electron chi connectivity index (χ0n) is 13.7. The Morgan fingerprint density at radius 1 is 1.08 bits per heavy atom. The summed E-state index contributed by atoms with van der Waals surface area (Å²) in [6.45, 7) is 0.629. The summed E-state index contributed by atoms with van der Waals surface area (Å²) in [6.07, 6.45) is 1.92. The molecule has 5 heteroatoms. The molecule has 3 aromatic rings. The van der Waals surface area contributed by atoms with Crippen molar-refractivity contribution in [3.05, 3.63) is 70.6 Å². The van der Waals surface area contributed by atoms with Crippen LogP contribution in [0.2, 0.25) is 0 Å². The number of methoxy groups -OCH3 is 1. The van der Waals surface area contributed by atoms with Crippen molar-refractivity contribution in [2.75, 3.05) is 20.3 Å². The first kappa shape index (κ1) is 15.3. The second-order valence-corrected chi connectivity index (χ2v) is 5.60. The van der Waals surface area contributed by atoms with E-state index in [2.05, 4.69) is 0 Å². The van der Waals surface area contributed by atoms with Crippen LogP contribution >= 0.6 is 0 Å². The fourth-order valence-electron chi connectivity index (χ4n) is 2.89. The molecular weight excluding hydrogens is 320 g/mol. The Labute approximate surface area is 144 Å². The molecule has 0 saturated carbocycles. The minimum Gasteiger partial charge on any atom is -0.497 e. The summed E-state index contributed by atoms with van der Waals surface area (Å²) in [5, 5.41) is 0.831. The van der Waals surface area contributed by atoms with Gasteiger partial charge in [-0.2, -0.15) is 0 Å². The molecule has 4 rings (SSSR count). The second kappa shape index (κ2) is 6.36. The van der Waals surface area contributed by atoms with E-state index in [0.29, 0.717) is 24.5 Å². The highest BCUT2D eigenvalue weighted by Crippen LogP contribution is 2.34. The van der Waals surface area contributed by atoms with Gasteiger partial charge in [-0.15, -0.1) is 0 Å². The molecule has 25 heavy (non-hydrogen) atoms. The predicted octanol–water partition coefficient (Wildman–Crippen LogP) is 3.66. The van der Waals surface area contributed by atoms with Gasteiger partial charge in [0.2, 0.25) is 5.75 Å². The zero-order chi connectivity index (χ0) is 17.2. The summed E-state index contributed by atoms with van der Waals surface area (Å²) in [6, 6.07) is 14.8. The van der Waals surface area contributed by atoms with Crippen molar-refractivity contribution in [1.29, 1.82) is 0 Å². The Kier molecular flexibility index (Phi) is 3.90. The first-order chi connectivity index (χ1) is 12.3. The van der Waals surface area contributed by atoms with Gasteiger partial charge in [0.1, 0.15) is 30.3 Å². The number of rotatable bonds is 4. The molecule has 5 nitrogen and oxygen atoms in total. The molecule has 0 fully saturated rings. The zero-order valence-corrected chi connectivity index (χ0v) is 13.7. The maximum atomic E-state index is 12.2. The van der Waals surface area contributed by atoms with Crippen LogP contribution in [0.1, 0.15) is 5.56 Å². The standard InChI is InChI=1S/C20H16O5/c1-22-14-5-4-6-15(11-14)24-12-13-9-10-23-19-18(13)16-7-2-3-8-17(16)25-20(19)21/h2-9,11H,10,12H2,1H3. The van der Waals surface area contributed by atoms with Crippen molar-refractivity contribution in [3.8, 4) is 17.2 Å². The van der Waals surface area contributed by atoms with Crippen LogP contribution in [0.5, 0.6) is 17.2 Å². The van der Waals surface area contributed by atoms with Crippen LogP contribution in [0.3, 0.4) is 0 Å². The molecule has 0 radical (unpaired) electrons. The Balaban J connectivity index is 1.71. The molecule has 0 bridgehead atoms. The predicted molar refractivity (Wildman–Crippen MR) is 94.4 cm³/mol. The van der Waals surface area contributed by atoms with Crippen LogP contribution in [-0.2, 0) is 0 Å². The Bertz CT molecular complexity index is 1020. The average molecular weight is 336 g/mol. The maximum Gasteiger partial charge on any atom is 0.379 e. The van der Waals surface area contributed by atoms with E-state index in [1.165, 1.54) is 0 Å². The molecule has 2 heterocycles. The Morgan fingerprint density at radius 2 is 1.92 bits per heavy atom. The number of hydrogen-bond acceptors (Lipinski definition) is 5. The van der Waals surface area contributed by atoms with Crippen LogP contribution in [-0.4, -0.2) is 20.3 Å². The van der Waals surface area contributed by atoms with Crippen LogP contribution in [0.25, 0.3) is 16.5 Å². The van der Waals surface area contributed by atoms with Gasteiger partial charge < -0.3 is 18.6 Å². The summed E-state index contributed by atoms with van der Waals surface area (Å²) in [4.78, 5) is 12.2. The number of ether oxygens (including phenoxy) is 3. The van der Waals surface area contributed by atoms with Crippen molar-refractivity contribution in [1.82, 2.24) is 0 Å². The summed E-state index contributed by atoms with van der Waals surface area (Å²) in [7, 11) is 1.61. The molecule has 1 aromatic heterocycles. The molecule has 0 N–H and O–H groups in total. The normalized spacial score (nSPS) is 12.9. The lowest BCUT2D eigenvalue weighted by Crippen LogP contribution is -2.17. The van der Waals surface area contributed by atoms with Crippen LogP contribution in [0.15, 0.2) is 63.8 Å². The summed E-state index contributed by atoms with van der Waals surface area (Å²) in [5.41, 5.74) is 1.69.